The average molecular weight is 1170 g/mol. The molecule has 0 N–H and O–H groups in total. The molecule has 0 bridgehead atoms. The molecule has 17 aromatic rings. The second-order valence-corrected chi connectivity index (χ2v) is 23.5. The van der Waals surface area contributed by atoms with Gasteiger partial charge in [0.25, 0.3) is 0 Å². The van der Waals surface area contributed by atoms with Crippen LogP contribution in [0.5, 0.6) is 0 Å². The van der Waals surface area contributed by atoms with Crippen LogP contribution in [-0.2, 0) is 0 Å². The molecule has 0 radical (unpaired) electrons. The lowest BCUT2D eigenvalue weighted by atomic mass is 9.95. The maximum Gasteiger partial charge on any atom is 0.0724 e. The highest BCUT2D eigenvalue weighted by atomic mass is 15.0. The van der Waals surface area contributed by atoms with Crippen LogP contribution in [0.25, 0.3) is 167 Å². The van der Waals surface area contributed by atoms with Crippen LogP contribution in [0.2, 0.25) is 0 Å². The predicted molar refractivity (Wildman–Crippen MR) is 381 cm³/mol. The van der Waals surface area contributed by atoms with Crippen LogP contribution >= 0.6 is 0 Å². The van der Waals surface area contributed by atoms with E-state index >= 15 is 0 Å². The van der Waals surface area contributed by atoms with E-state index in [1.807, 2.05) is 24.8 Å². The molecule has 0 spiro atoms. The number of rotatable bonds is 12. The van der Waals surface area contributed by atoms with Crippen LogP contribution in [0.1, 0.15) is 0 Å². The van der Waals surface area contributed by atoms with Crippen molar-refractivity contribution >= 4 is 43.6 Å². The summed E-state index contributed by atoms with van der Waals surface area (Å²) in [5.74, 6) is 0. The lowest BCUT2D eigenvalue weighted by Gasteiger charge is -2.13. The Bertz CT molecular complexity index is 5450. The normalized spacial score (nSPS) is 11.5. The minimum atomic E-state index is 0.908. The molecule has 6 nitrogen and oxygen atoms in total. The van der Waals surface area contributed by atoms with E-state index in [1.54, 1.807) is 0 Å². The van der Waals surface area contributed by atoms with Gasteiger partial charge in [-0.15, -0.1) is 0 Å². The molecule has 6 heterocycles. The molecule has 0 aliphatic rings. The number of para-hydroxylation sites is 2. The summed E-state index contributed by atoms with van der Waals surface area (Å²) in [4.78, 5) is 19.7. The van der Waals surface area contributed by atoms with Crippen molar-refractivity contribution in [2.45, 2.75) is 0 Å². The second-order valence-electron chi connectivity index (χ2n) is 23.5. The van der Waals surface area contributed by atoms with Gasteiger partial charge < -0.3 is 9.13 Å². The van der Waals surface area contributed by atoms with Crippen molar-refractivity contribution in [3.05, 3.63) is 340 Å². The number of hydrogen-bond acceptors (Lipinski definition) is 4. The van der Waals surface area contributed by atoms with Gasteiger partial charge in [0, 0.05) is 67.6 Å². The number of hydrogen-bond donors (Lipinski definition) is 0. The standard InChI is InChI=1S/C86H56N6/c1-3-12-57(13-4-1)58-30-34-67(35-31-58)80-52-71(65-40-44-74(45-41-65)92-84-21-10-8-19-76(84)78-47-49-88-56-86(78)92)53-81(89-80)68-36-32-61(33-37-68)59-22-26-63(27-23-59)69-16-11-17-70(50-69)82-54-72(51-79(90-82)66-14-5-2-6-15-66)64-28-24-60(25-29-64)62-38-42-73(43-39-62)91-83-20-9-7-18-75(83)77-46-48-87-55-85(77)91/h1-56H. The summed E-state index contributed by atoms with van der Waals surface area (Å²) in [7, 11) is 0. The quantitative estimate of drug-likeness (QED) is 0.122. The monoisotopic (exact) mass is 1170 g/mol. The van der Waals surface area contributed by atoms with Crippen LogP contribution in [0.15, 0.2) is 340 Å². The summed E-state index contributed by atoms with van der Waals surface area (Å²) in [6, 6.07) is 113. The predicted octanol–water partition coefficient (Wildman–Crippen LogP) is 22.1. The molecule has 17 rings (SSSR count). The first kappa shape index (κ1) is 53.8. The second kappa shape index (κ2) is 23.0. The van der Waals surface area contributed by atoms with Crippen LogP contribution in [0.4, 0.5) is 0 Å². The van der Waals surface area contributed by atoms with Gasteiger partial charge in [0.1, 0.15) is 0 Å². The molecule has 6 aromatic heterocycles. The summed E-state index contributed by atoms with van der Waals surface area (Å²) in [6.45, 7) is 0. The van der Waals surface area contributed by atoms with E-state index in [0.717, 1.165) is 129 Å². The van der Waals surface area contributed by atoms with Gasteiger partial charge >= 0.3 is 0 Å². The summed E-state index contributed by atoms with van der Waals surface area (Å²) >= 11 is 0. The fourth-order valence-corrected chi connectivity index (χ4v) is 13.3. The first-order chi connectivity index (χ1) is 45.6. The molecule has 0 saturated carbocycles. The molecule has 0 aliphatic heterocycles. The number of pyridine rings is 4. The molecule has 0 unspecified atom stereocenters. The molecule has 92 heavy (non-hydrogen) atoms. The first-order valence-electron chi connectivity index (χ1n) is 31.1. The van der Waals surface area contributed by atoms with E-state index < -0.39 is 0 Å². The molecule has 0 saturated heterocycles. The van der Waals surface area contributed by atoms with Crippen LogP contribution < -0.4 is 0 Å². The Balaban J connectivity index is 0.645. The highest BCUT2D eigenvalue weighted by Gasteiger charge is 2.17. The van der Waals surface area contributed by atoms with Crippen molar-refractivity contribution in [2.75, 3.05) is 0 Å². The molecule has 430 valence electrons. The number of nitrogens with zero attached hydrogens (tertiary/aromatic N) is 6. The van der Waals surface area contributed by atoms with Crippen LogP contribution in [0, 0.1) is 0 Å². The maximum atomic E-state index is 5.36. The minimum absolute atomic E-state index is 0.908. The topological polar surface area (TPSA) is 61.4 Å². The molecule has 0 atom stereocenters. The average Bonchev–Trinajstić information content (AvgIpc) is 2.94. The molecule has 0 amide bonds. The third-order valence-electron chi connectivity index (χ3n) is 18.0. The largest absolute Gasteiger partial charge is 0.308 e. The summed E-state index contributed by atoms with van der Waals surface area (Å²) in [6.07, 6.45) is 7.66. The third-order valence-corrected chi connectivity index (χ3v) is 18.0. The van der Waals surface area contributed by atoms with Crippen LogP contribution in [-0.4, -0.2) is 29.1 Å². The van der Waals surface area contributed by atoms with E-state index in [9.17, 15) is 0 Å². The van der Waals surface area contributed by atoms with Crippen molar-refractivity contribution in [2.24, 2.45) is 0 Å². The zero-order valence-corrected chi connectivity index (χ0v) is 50.0. The van der Waals surface area contributed by atoms with Gasteiger partial charge in [-0.05, 0) is 146 Å². The minimum Gasteiger partial charge on any atom is -0.308 e. The maximum absolute atomic E-state index is 5.36. The number of benzene rings is 11. The highest BCUT2D eigenvalue weighted by Crippen LogP contribution is 2.39. The van der Waals surface area contributed by atoms with Crippen molar-refractivity contribution in [1.82, 2.24) is 29.1 Å². The Labute approximate surface area is 533 Å². The number of aromatic nitrogens is 6. The zero-order chi connectivity index (χ0) is 60.9. The lowest BCUT2D eigenvalue weighted by molar-refractivity contribution is 1.17. The van der Waals surface area contributed by atoms with E-state index in [1.165, 1.54) is 38.2 Å². The van der Waals surface area contributed by atoms with Gasteiger partial charge in [-0.2, -0.15) is 0 Å². The van der Waals surface area contributed by atoms with E-state index in [2.05, 4.69) is 335 Å². The fourth-order valence-electron chi connectivity index (χ4n) is 13.3. The summed E-state index contributed by atoms with van der Waals surface area (Å²) in [5.41, 5.74) is 28.2. The highest BCUT2D eigenvalue weighted by molar-refractivity contribution is 6.10. The Morgan fingerprint density at radius 1 is 0.185 bits per heavy atom. The summed E-state index contributed by atoms with van der Waals surface area (Å²) < 4.78 is 4.61. The van der Waals surface area contributed by atoms with Crippen molar-refractivity contribution in [3.63, 3.8) is 0 Å². The lowest BCUT2D eigenvalue weighted by Crippen LogP contribution is -1.95. The Kier molecular flexibility index (Phi) is 13.4. The number of fused-ring (bicyclic) bond motifs is 6. The van der Waals surface area contributed by atoms with E-state index in [4.69, 9.17) is 9.97 Å². The van der Waals surface area contributed by atoms with E-state index in [0.29, 0.717) is 0 Å². The molecular formula is C86H56N6. The summed E-state index contributed by atoms with van der Waals surface area (Å²) in [5, 5.41) is 4.82. The van der Waals surface area contributed by atoms with Crippen molar-refractivity contribution in [1.29, 1.82) is 0 Å². The molecular weight excluding hydrogens is 1120 g/mol. The Hall–Kier alpha value is -12.4. The molecule has 0 aliphatic carbocycles. The first-order valence-corrected chi connectivity index (χ1v) is 31.1. The van der Waals surface area contributed by atoms with Crippen molar-refractivity contribution in [3.8, 4) is 123 Å². The smallest absolute Gasteiger partial charge is 0.0724 e. The fraction of sp³-hybridized carbons (Fsp3) is 0. The SMILES string of the molecule is c1ccc(-c2ccc(-c3cc(-c4ccc(-n5c6ccccc6c6ccncc65)cc4)cc(-c4ccc(-c5ccc(-c6cccc(-c7cc(-c8ccc(-c9ccc(-n%10c%11ccccc%11c%11ccncc%11%10)cc9)cc8)cc(-c8ccccc8)n7)c6)cc5)cc4)n3)cc2)cc1. The molecule has 0 fully saturated rings. The Morgan fingerprint density at radius 3 is 0.891 bits per heavy atom. The molecule has 11 aromatic carbocycles. The zero-order valence-electron chi connectivity index (χ0n) is 50.0. The van der Waals surface area contributed by atoms with Gasteiger partial charge in [0.15, 0.2) is 0 Å². The Morgan fingerprint density at radius 2 is 0.467 bits per heavy atom. The van der Waals surface area contributed by atoms with Crippen molar-refractivity contribution < 1.29 is 0 Å². The van der Waals surface area contributed by atoms with Crippen LogP contribution in [0.3, 0.4) is 0 Å². The molecule has 6 heteroatoms. The van der Waals surface area contributed by atoms with Gasteiger partial charge in [-0.3, -0.25) is 9.97 Å². The van der Waals surface area contributed by atoms with Gasteiger partial charge in [-0.25, -0.2) is 9.97 Å². The van der Waals surface area contributed by atoms with Gasteiger partial charge in [0.05, 0.1) is 57.2 Å². The van der Waals surface area contributed by atoms with E-state index in [-0.39, 0.29) is 0 Å². The third kappa shape index (κ3) is 9.99. The van der Waals surface area contributed by atoms with Gasteiger partial charge in [-0.1, -0.05) is 237 Å². The van der Waals surface area contributed by atoms with Gasteiger partial charge in [0.2, 0.25) is 0 Å².